The predicted molar refractivity (Wildman–Crippen MR) is 383 cm³/mol. The maximum Gasteiger partial charge on any atom is 0.472 e. The van der Waals surface area contributed by atoms with E-state index >= 15 is 0 Å². The summed E-state index contributed by atoms with van der Waals surface area (Å²) >= 11 is 0. The number of amides is 1. The molecule has 0 aliphatic rings. The quantitative estimate of drug-likeness (QED) is 0.0243. The summed E-state index contributed by atoms with van der Waals surface area (Å²) in [5.74, 6) is -0.168. The summed E-state index contributed by atoms with van der Waals surface area (Å²) in [4.78, 5) is 23.5. The predicted octanol–water partition coefficient (Wildman–Crippen LogP) is 25.0. The number of phosphoric ester groups is 1. The summed E-state index contributed by atoms with van der Waals surface area (Å²) in [5, 5.41) is 14.0. The summed E-state index contributed by atoms with van der Waals surface area (Å²) in [6, 6.07) is -0.847. The molecule has 0 aromatic heterocycles. The van der Waals surface area contributed by atoms with Crippen molar-refractivity contribution in [3.8, 4) is 0 Å². The van der Waals surface area contributed by atoms with Gasteiger partial charge in [-0.05, 0) is 57.8 Å². The highest BCUT2D eigenvalue weighted by molar-refractivity contribution is 7.47. The normalized spacial score (nSPS) is 13.8. The molecule has 0 fully saturated rings. The first kappa shape index (κ1) is 85.5. The number of hydrogen-bond donors (Lipinski definition) is 3. The number of quaternary nitrogens is 1. The molecule has 87 heavy (non-hydrogen) atoms. The molecule has 0 rings (SSSR count). The summed E-state index contributed by atoms with van der Waals surface area (Å²) in [6.07, 6.45) is 94.3. The molecule has 0 heterocycles. The van der Waals surface area contributed by atoms with E-state index < -0.39 is 20.0 Å². The van der Waals surface area contributed by atoms with E-state index in [9.17, 15) is 19.4 Å². The molecule has 0 radical (unpaired) electrons. The van der Waals surface area contributed by atoms with E-state index in [4.69, 9.17) is 9.05 Å². The van der Waals surface area contributed by atoms with Crippen LogP contribution in [0.1, 0.15) is 393 Å². The van der Waals surface area contributed by atoms with Gasteiger partial charge in [-0.15, -0.1) is 0 Å². The van der Waals surface area contributed by atoms with Crippen molar-refractivity contribution in [3.05, 3.63) is 48.6 Å². The van der Waals surface area contributed by atoms with Gasteiger partial charge in [0.1, 0.15) is 13.2 Å². The van der Waals surface area contributed by atoms with Gasteiger partial charge in [-0.2, -0.15) is 0 Å². The lowest BCUT2D eigenvalue weighted by atomic mass is 10.0. The Bertz CT molecular complexity index is 1560. The van der Waals surface area contributed by atoms with Gasteiger partial charge in [0, 0.05) is 6.42 Å². The third-order valence-corrected chi connectivity index (χ3v) is 18.8. The molecular formula is C78H152N2O6P+. The number of nitrogens with zero attached hydrogens (tertiary/aromatic N) is 1. The van der Waals surface area contributed by atoms with Gasteiger partial charge < -0.3 is 19.8 Å². The lowest BCUT2D eigenvalue weighted by molar-refractivity contribution is -0.870. The van der Waals surface area contributed by atoms with E-state index in [1.54, 1.807) is 6.08 Å². The second-order valence-corrected chi connectivity index (χ2v) is 29.2. The zero-order valence-electron chi connectivity index (χ0n) is 59.0. The number of aliphatic hydroxyl groups is 1. The molecule has 1 amide bonds. The average Bonchev–Trinajstić information content (AvgIpc) is 3.71. The fourth-order valence-corrected chi connectivity index (χ4v) is 12.6. The number of unbranched alkanes of at least 4 members (excludes halogenated alkanes) is 53. The van der Waals surface area contributed by atoms with E-state index in [2.05, 4.69) is 55.6 Å². The van der Waals surface area contributed by atoms with E-state index in [-0.39, 0.29) is 19.1 Å². The van der Waals surface area contributed by atoms with Gasteiger partial charge in [0.25, 0.3) is 0 Å². The number of rotatable bonds is 72. The summed E-state index contributed by atoms with van der Waals surface area (Å²) in [5.41, 5.74) is 0. The molecule has 9 heteroatoms. The van der Waals surface area contributed by atoms with Crippen molar-refractivity contribution >= 4 is 13.7 Å². The van der Waals surface area contributed by atoms with Crippen molar-refractivity contribution in [3.63, 3.8) is 0 Å². The van der Waals surface area contributed by atoms with Gasteiger partial charge in [0.15, 0.2) is 0 Å². The Balaban J connectivity index is 3.92. The second-order valence-electron chi connectivity index (χ2n) is 27.7. The van der Waals surface area contributed by atoms with Crippen molar-refractivity contribution in [2.75, 3.05) is 40.9 Å². The van der Waals surface area contributed by atoms with Crippen LogP contribution in [0.25, 0.3) is 0 Å². The highest BCUT2D eigenvalue weighted by Crippen LogP contribution is 2.43. The summed E-state index contributed by atoms with van der Waals surface area (Å²) in [6.45, 7) is 4.86. The Labute approximate surface area is 543 Å². The van der Waals surface area contributed by atoms with Crippen molar-refractivity contribution in [2.24, 2.45) is 0 Å². The first-order chi connectivity index (χ1) is 42.5. The number of likely N-dealkylation sites (N-methyl/N-ethyl adjacent to an activating group) is 1. The zero-order chi connectivity index (χ0) is 63.4. The SMILES string of the molecule is CCCCCCC/C=C\C/C=C\C/C=C\CCCCCCCCCCCCCCCCCCCCCCCCCCCCC(=O)NC(COP(=O)(O)OCC[N+](C)(C)C)C(O)/C=C/CCCCCCCCCCCCCCCCCCCCCCCC. The molecule has 3 atom stereocenters. The van der Waals surface area contributed by atoms with Crippen LogP contribution in [0.3, 0.4) is 0 Å². The van der Waals surface area contributed by atoms with Crippen LogP contribution in [-0.4, -0.2) is 73.4 Å². The minimum atomic E-state index is -4.35. The summed E-state index contributed by atoms with van der Waals surface area (Å²) < 4.78 is 23.9. The largest absolute Gasteiger partial charge is 0.472 e. The molecule has 8 nitrogen and oxygen atoms in total. The fraction of sp³-hybridized carbons (Fsp3) is 0.885. The first-order valence-electron chi connectivity index (χ1n) is 38.5. The Kier molecular flexibility index (Phi) is 67.6. The van der Waals surface area contributed by atoms with Gasteiger partial charge in [0.2, 0.25) is 5.91 Å². The average molecular weight is 1250 g/mol. The van der Waals surface area contributed by atoms with Crippen LogP contribution in [0.15, 0.2) is 48.6 Å². The molecule has 0 spiro atoms. The van der Waals surface area contributed by atoms with E-state index in [1.807, 2.05) is 27.2 Å². The third-order valence-electron chi connectivity index (χ3n) is 17.8. The molecule has 0 saturated heterocycles. The number of carbonyl (C=O) groups excluding carboxylic acids is 1. The lowest BCUT2D eigenvalue weighted by Crippen LogP contribution is -2.45. The van der Waals surface area contributed by atoms with Crippen LogP contribution in [0.5, 0.6) is 0 Å². The Hall–Kier alpha value is -1.54. The van der Waals surface area contributed by atoms with Crippen molar-refractivity contribution in [1.82, 2.24) is 5.32 Å². The number of phosphoric acid groups is 1. The van der Waals surface area contributed by atoms with Crippen LogP contribution >= 0.6 is 7.82 Å². The molecule has 0 aliphatic carbocycles. The number of hydrogen-bond acceptors (Lipinski definition) is 5. The van der Waals surface area contributed by atoms with Gasteiger partial charge in [-0.25, -0.2) is 4.57 Å². The Morgan fingerprint density at radius 1 is 0.391 bits per heavy atom. The molecule has 0 aromatic carbocycles. The minimum Gasteiger partial charge on any atom is -0.387 e. The molecule has 514 valence electrons. The van der Waals surface area contributed by atoms with Gasteiger partial charge in [0.05, 0.1) is 39.9 Å². The second kappa shape index (κ2) is 68.8. The van der Waals surface area contributed by atoms with Crippen LogP contribution in [-0.2, 0) is 18.4 Å². The topological polar surface area (TPSA) is 105 Å². The standard InChI is InChI=1S/C78H151N2O6P/c1-6-8-10-12-14-16-18-20-22-24-26-28-30-32-33-34-35-36-37-38-39-40-41-42-43-44-45-46-47-48-50-52-54-56-58-60-62-64-66-68-70-72-78(82)79-76(75-86-87(83,84)85-74-73-80(3,4)5)77(81)71-69-67-65-63-61-59-57-55-53-51-49-31-29-27-25-23-21-19-17-15-13-11-9-7-2/h18,20,24,26,30,32,69,71,76-77,81H,6-17,19,21-23,25,27-29,31,33-68,70,72-75H2,1-5H3,(H-,79,82,83,84)/p+1/b20-18-,26-24-,32-30-,71-69+. The minimum absolute atomic E-state index is 0.0637. The van der Waals surface area contributed by atoms with Crippen LogP contribution in [0, 0.1) is 0 Å². The smallest absolute Gasteiger partial charge is 0.387 e. The van der Waals surface area contributed by atoms with Crippen LogP contribution in [0.2, 0.25) is 0 Å². The van der Waals surface area contributed by atoms with E-state index in [1.165, 1.54) is 327 Å². The van der Waals surface area contributed by atoms with Gasteiger partial charge >= 0.3 is 7.82 Å². The highest BCUT2D eigenvalue weighted by Gasteiger charge is 2.28. The number of nitrogens with one attached hydrogen (secondary N) is 1. The number of aliphatic hydroxyl groups excluding tert-OH is 1. The molecule has 0 saturated carbocycles. The molecular weight excluding hydrogens is 1090 g/mol. The van der Waals surface area contributed by atoms with Crippen molar-refractivity contribution in [1.29, 1.82) is 0 Å². The third kappa shape index (κ3) is 71.8. The molecule has 0 aromatic rings. The molecule has 0 aliphatic heterocycles. The monoisotopic (exact) mass is 1240 g/mol. The Morgan fingerprint density at radius 3 is 0.954 bits per heavy atom. The molecule has 0 bridgehead atoms. The van der Waals surface area contributed by atoms with Crippen LogP contribution in [0.4, 0.5) is 0 Å². The molecule has 3 unspecified atom stereocenters. The van der Waals surface area contributed by atoms with Crippen molar-refractivity contribution in [2.45, 2.75) is 405 Å². The first-order valence-corrected chi connectivity index (χ1v) is 40.0. The number of allylic oxidation sites excluding steroid dienone is 7. The zero-order valence-corrected chi connectivity index (χ0v) is 59.9. The van der Waals surface area contributed by atoms with E-state index in [0.717, 1.165) is 44.9 Å². The highest BCUT2D eigenvalue weighted by atomic mass is 31.2. The maximum atomic E-state index is 13.1. The lowest BCUT2D eigenvalue weighted by Gasteiger charge is -2.25. The Morgan fingerprint density at radius 2 is 0.655 bits per heavy atom. The van der Waals surface area contributed by atoms with Crippen molar-refractivity contribution < 1.29 is 32.9 Å². The number of carbonyl (C=O) groups is 1. The van der Waals surface area contributed by atoms with Gasteiger partial charge in [-0.3, -0.25) is 13.8 Å². The van der Waals surface area contributed by atoms with E-state index in [0.29, 0.717) is 17.4 Å². The maximum absolute atomic E-state index is 13.1. The fourth-order valence-electron chi connectivity index (χ4n) is 11.8. The van der Waals surface area contributed by atoms with Crippen LogP contribution < -0.4 is 5.32 Å². The van der Waals surface area contributed by atoms with Gasteiger partial charge in [-0.1, -0.05) is 377 Å². The molecule has 3 N–H and O–H groups in total. The summed E-state index contributed by atoms with van der Waals surface area (Å²) in [7, 11) is 1.59.